The molecule has 0 saturated carbocycles. The van der Waals surface area contributed by atoms with Crippen LogP contribution in [0.1, 0.15) is 16.0 Å². The summed E-state index contributed by atoms with van der Waals surface area (Å²) in [7, 11) is 0. The molecule has 0 bridgehead atoms. The maximum absolute atomic E-state index is 11.8. The lowest BCUT2D eigenvalue weighted by atomic mass is 10.2. The van der Waals surface area contributed by atoms with Crippen LogP contribution in [-0.2, 0) is 17.9 Å². The van der Waals surface area contributed by atoms with Crippen LogP contribution in [0.5, 0.6) is 5.75 Å². The Morgan fingerprint density at radius 3 is 2.54 bits per heavy atom. The first-order chi connectivity index (χ1) is 12.7. The van der Waals surface area contributed by atoms with E-state index < -0.39 is 0 Å². The molecule has 1 amide bonds. The number of ether oxygens (including phenoxy) is 1. The zero-order valence-electron chi connectivity index (χ0n) is 14.0. The molecular weight excluding hydrogens is 410 g/mol. The van der Waals surface area contributed by atoms with E-state index in [0.717, 1.165) is 26.2 Å². The summed E-state index contributed by atoms with van der Waals surface area (Å²) in [4.78, 5) is 13.0. The fraction of sp³-hybridized carbons (Fsp3) is 0.0952. The molecule has 0 aliphatic heterocycles. The van der Waals surface area contributed by atoms with E-state index in [1.807, 2.05) is 66.0 Å². The van der Waals surface area contributed by atoms with Crippen molar-refractivity contribution in [2.45, 2.75) is 13.2 Å². The summed E-state index contributed by atoms with van der Waals surface area (Å²) < 4.78 is 6.83. The van der Waals surface area contributed by atoms with Gasteiger partial charge in [-0.05, 0) is 52.9 Å². The van der Waals surface area contributed by atoms with Crippen LogP contribution in [0, 0.1) is 0 Å². The Labute approximate surface area is 165 Å². The van der Waals surface area contributed by atoms with Crippen molar-refractivity contribution >= 4 is 39.2 Å². The predicted molar refractivity (Wildman–Crippen MR) is 110 cm³/mol. The number of thiophene rings is 1. The van der Waals surface area contributed by atoms with Crippen molar-refractivity contribution in [3.8, 4) is 5.75 Å². The number of carbonyl (C=O) groups is 1. The molecule has 0 aliphatic carbocycles. The minimum atomic E-state index is -0.103. The average molecular weight is 428 g/mol. The standard InChI is InChI=1S/C21H18BrNO2S/c22-18-8-3-17(4-9-18)15-25-19-10-5-16(6-11-19)7-12-21(24)23-14-20-2-1-13-26-20/h1-13H,14-15H2,(H,23,24). The third kappa shape index (κ3) is 5.86. The van der Waals surface area contributed by atoms with Gasteiger partial charge in [0.05, 0.1) is 6.54 Å². The van der Waals surface area contributed by atoms with E-state index in [4.69, 9.17) is 4.74 Å². The molecule has 1 heterocycles. The summed E-state index contributed by atoms with van der Waals surface area (Å²) in [5.74, 6) is 0.696. The molecule has 1 aromatic heterocycles. The second-order valence-corrected chi connectivity index (χ2v) is 7.56. The Hall–Kier alpha value is -2.37. The fourth-order valence-electron chi connectivity index (χ4n) is 2.24. The molecule has 0 atom stereocenters. The molecule has 3 rings (SSSR count). The third-order valence-electron chi connectivity index (χ3n) is 3.64. The molecule has 0 aliphatic rings. The van der Waals surface area contributed by atoms with E-state index in [1.165, 1.54) is 0 Å². The number of amides is 1. The Balaban J connectivity index is 1.47. The first kappa shape index (κ1) is 18.4. The van der Waals surface area contributed by atoms with Crippen molar-refractivity contribution in [1.29, 1.82) is 0 Å². The number of nitrogens with one attached hydrogen (secondary N) is 1. The summed E-state index contributed by atoms with van der Waals surface area (Å²) in [5.41, 5.74) is 2.06. The molecule has 2 aromatic carbocycles. The average Bonchev–Trinajstić information content (AvgIpc) is 3.19. The smallest absolute Gasteiger partial charge is 0.244 e. The quantitative estimate of drug-likeness (QED) is 0.511. The highest BCUT2D eigenvalue weighted by Gasteiger charge is 1.99. The zero-order valence-corrected chi connectivity index (χ0v) is 16.4. The van der Waals surface area contributed by atoms with Crippen LogP contribution in [0.4, 0.5) is 0 Å². The summed E-state index contributed by atoms with van der Waals surface area (Å²) >= 11 is 5.05. The molecule has 3 nitrogen and oxygen atoms in total. The SMILES string of the molecule is O=C(C=Cc1ccc(OCc2ccc(Br)cc2)cc1)NCc1cccs1. The zero-order chi connectivity index (χ0) is 18.2. The summed E-state index contributed by atoms with van der Waals surface area (Å²) in [6.45, 7) is 1.08. The Bertz CT molecular complexity index is 856. The highest BCUT2D eigenvalue weighted by atomic mass is 79.9. The molecule has 132 valence electrons. The fourth-order valence-corrected chi connectivity index (χ4v) is 3.15. The predicted octanol–water partition coefficient (Wildman–Crippen LogP) is 5.42. The van der Waals surface area contributed by atoms with E-state index >= 15 is 0 Å². The Morgan fingerprint density at radius 2 is 1.85 bits per heavy atom. The van der Waals surface area contributed by atoms with Crippen molar-refractivity contribution in [2.75, 3.05) is 0 Å². The van der Waals surface area contributed by atoms with Gasteiger partial charge in [0.25, 0.3) is 0 Å². The number of hydrogen-bond acceptors (Lipinski definition) is 3. The van der Waals surface area contributed by atoms with Gasteiger partial charge in [0.1, 0.15) is 12.4 Å². The molecular formula is C21H18BrNO2S. The lowest BCUT2D eigenvalue weighted by molar-refractivity contribution is -0.116. The highest BCUT2D eigenvalue weighted by molar-refractivity contribution is 9.10. The summed E-state index contributed by atoms with van der Waals surface area (Å²) in [5, 5.41) is 4.86. The van der Waals surface area contributed by atoms with Crippen LogP contribution >= 0.6 is 27.3 Å². The van der Waals surface area contributed by atoms with Crippen molar-refractivity contribution in [3.63, 3.8) is 0 Å². The molecule has 0 saturated heterocycles. The van der Waals surface area contributed by atoms with Gasteiger partial charge in [-0.2, -0.15) is 0 Å². The molecule has 5 heteroatoms. The van der Waals surface area contributed by atoms with Gasteiger partial charge < -0.3 is 10.1 Å². The Morgan fingerprint density at radius 1 is 1.08 bits per heavy atom. The van der Waals surface area contributed by atoms with Crippen LogP contribution in [0.25, 0.3) is 6.08 Å². The van der Waals surface area contributed by atoms with Crippen LogP contribution in [0.3, 0.4) is 0 Å². The van der Waals surface area contributed by atoms with Crippen molar-refractivity contribution < 1.29 is 9.53 Å². The minimum Gasteiger partial charge on any atom is -0.489 e. The summed E-state index contributed by atoms with van der Waals surface area (Å²) in [6, 6.07) is 19.7. The largest absolute Gasteiger partial charge is 0.489 e. The molecule has 3 aromatic rings. The van der Waals surface area contributed by atoms with Crippen LogP contribution in [-0.4, -0.2) is 5.91 Å². The van der Waals surface area contributed by atoms with Gasteiger partial charge in [0.2, 0.25) is 5.91 Å². The van der Waals surface area contributed by atoms with Crippen LogP contribution in [0.15, 0.2) is 76.6 Å². The Kier molecular flexibility index (Phi) is 6.63. The van der Waals surface area contributed by atoms with Crippen molar-refractivity contribution in [3.05, 3.63) is 92.6 Å². The number of carbonyl (C=O) groups excluding carboxylic acids is 1. The van der Waals surface area contributed by atoms with Gasteiger partial charge in [0.15, 0.2) is 0 Å². The van der Waals surface area contributed by atoms with Gasteiger partial charge in [-0.3, -0.25) is 4.79 Å². The molecule has 26 heavy (non-hydrogen) atoms. The minimum absolute atomic E-state index is 0.103. The molecule has 0 spiro atoms. The van der Waals surface area contributed by atoms with Gasteiger partial charge in [0, 0.05) is 15.4 Å². The second kappa shape index (κ2) is 9.36. The lowest BCUT2D eigenvalue weighted by Crippen LogP contribution is -2.19. The monoisotopic (exact) mass is 427 g/mol. The first-order valence-electron chi connectivity index (χ1n) is 8.15. The van der Waals surface area contributed by atoms with Gasteiger partial charge in [-0.1, -0.05) is 46.3 Å². The van der Waals surface area contributed by atoms with Gasteiger partial charge in [-0.15, -0.1) is 11.3 Å². The third-order valence-corrected chi connectivity index (χ3v) is 5.05. The molecule has 1 N–H and O–H groups in total. The van der Waals surface area contributed by atoms with E-state index in [2.05, 4.69) is 21.2 Å². The maximum atomic E-state index is 11.8. The van der Waals surface area contributed by atoms with E-state index in [9.17, 15) is 4.79 Å². The van der Waals surface area contributed by atoms with E-state index in [1.54, 1.807) is 23.5 Å². The van der Waals surface area contributed by atoms with Crippen molar-refractivity contribution in [1.82, 2.24) is 5.32 Å². The van der Waals surface area contributed by atoms with Crippen LogP contribution < -0.4 is 10.1 Å². The maximum Gasteiger partial charge on any atom is 0.244 e. The molecule has 0 radical (unpaired) electrons. The normalized spacial score (nSPS) is 10.8. The van der Waals surface area contributed by atoms with Gasteiger partial charge in [-0.25, -0.2) is 0 Å². The van der Waals surface area contributed by atoms with E-state index in [0.29, 0.717) is 13.2 Å². The lowest BCUT2D eigenvalue weighted by Gasteiger charge is -2.06. The van der Waals surface area contributed by atoms with Crippen molar-refractivity contribution in [2.24, 2.45) is 0 Å². The molecule has 0 unspecified atom stereocenters. The number of benzene rings is 2. The van der Waals surface area contributed by atoms with E-state index in [-0.39, 0.29) is 5.91 Å². The topological polar surface area (TPSA) is 38.3 Å². The number of rotatable bonds is 7. The number of halogens is 1. The molecule has 0 fully saturated rings. The van der Waals surface area contributed by atoms with Crippen LogP contribution in [0.2, 0.25) is 0 Å². The highest BCUT2D eigenvalue weighted by Crippen LogP contribution is 2.16. The number of hydrogen-bond donors (Lipinski definition) is 1. The first-order valence-corrected chi connectivity index (χ1v) is 9.82. The van der Waals surface area contributed by atoms with Gasteiger partial charge >= 0.3 is 0 Å². The second-order valence-electron chi connectivity index (χ2n) is 5.61. The summed E-state index contributed by atoms with van der Waals surface area (Å²) in [6.07, 6.45) is 3.34.